The summed E-state index contributed by atoms with van der Waals surface area (Å²) in [6.45, 7) is 7.18. The Morgan fingerprint density at radius 2 is 1.88 bits per heavy atom. The number of fused-ring (bicyclic) bond motifs is 1. The normalized spacial score (nSPS) is 10.2. The molecule has 0 aliphatic rings. The Kier molecular flexibility index (Phi) is 7.16. The van der Waals surface area contributed by atoms with Crippen LogP contribution in [0.25, 0.3) is 11.2 Å². The van der Waals surface area contributed by atoms with Crippen molar-refractivity contribution < 1.29 is 9.84 Å². The second-order valence-electron chi connectivity index (χ2n) is 5.10. The standard InChI is InChI=1S/C16H20N6O2.C2H6/c1-3-22-10-18-13-14(19-11-4-6-12(24-2)7-5-11)20-16(17-8-9-23)21-15(13)22;1-2/h4-7,10,23H,3,8-9H2,1-2H3,(H2,17,19,20,21);1-2H3. The van der Waals surface area contributed by atoms with Crippen molar-refractivity contribution in [2.45, 2.75) is 27.3 Å². The lowest BCUT2D eigenvalue weighted by Crippen LogP contribution is -2.10. The first-order chi connectivity index (χ1) is 12.7. The maximum absolute atomic E-state index is 8.99. The second-order valence-corrected chi connectivity index (χ2v) is 5.10. The molecule has 140 valence electrons. The van der Waals surface area contributed by atoms with Crippen LogP contribution in [0.4, 0.5) is 17.5 Å². The van der Waals surface area contributed by atoms with Gasteiger partial charge in [0.25, 0.3) is 0 Å². The number of aromatic nitrogens is 4. The van der Waals surface area contributed by atoms with Crippen LogP contribution in [0.5, 0.6) is 5.75 Å². The number of aliphatic hydroxyl groups is 1. The molecule has 8 heteroatoms. The zero-order chi connectivity index (χ0) is 18.9. The number of imidazole rings is 1. The van der Waals surface area contributed by atoms with E-state index in [9.17, 15) is 0 Å². The van der Waals surface area contributed by atoms with E-state index >= 15 is 0 Å². The maximum atomic E-state index is 8.99. The van der Waals surface area contributed by atoms with E-state index in [0.717, 1.165) is 23.6 Å². The summed E-state index contributed by atoms with van der Waals surface area (Å²) < 4.78 is 7.11. The molecule has 0 atom stereocenters. The van der Waals surface area contributed by atoms with E-state index in [2.05, 4.69) is 25.6 Å². The molecular weight excluding hydrogens is 332 g/mol. The van der Waals surface area contributed by atoms with E-state index in [-0.39, 0.29) is 6.61 Å². The fourth-order valence-corrected chi connectivity index (χ4v) is 2.32. The Morgan fingerprint density at radius 3 is 2.50 bits per heavy atom. The quantitative estimate of drug-likeness (QED) is 0.597. The highest BCUT2D eigenvalue weighted by atomic mass is 16.5. The molecule has 26 heavy (non-hydrogen) atoms. The molecule has 8 nitrogen and oxygen atoms in total. The summed E-state index contributed by atoms with van der Waals surface area (Å²) in [6.07, 6.45) is 1.74. The summed E-state index contributed by atoms with van der Waals surface area (Å²) >= 11 is 0. The number of aliphatic hydroxyl groups excluding tert-OH is 1. The third kappa shape index (κ3) is 4.40. The summed E-state index contributed by atoms with van der Waals surface area (Å²) in [6, 6.07) is 7.56. The van der Waals surface area contributed by atoms with Gasteiger partial charge in [0, 0.05) is 18.8 Å². The molecule has 3 aromatic rings. The first kappa shape index (κ1) is 19.5. The van der Waals surface area contributed by atoms with E-state index < -0.39 is 0 Å². The molecule has 3 N–H and O–H groups in total. The predicted octanol–water partition coefficient (Wildman–Crippen LogP) is 3.03. The van der Waals surface area contributed by atoms with Gasteiger partial charge >= 0.3 is 0 Å². The van der Waals surface area contributed by atoms with Gasteiger partial charge in [-0.15, -0.1) is 0 Å². The summed E-state index contributed by atoms with van der Waals surface area (Å²) in [4.78, 5) is 13.4. The number of rotatable bonds is 7. The molecule has 3 rings (SSSR count). The molecule has 0 saturated carbocycles. The number of ether oxygens (including phenoxy) is 1. The second kappa shape index (κ2) is 9.57. The van der Waals surface area contributed by atoms with Crippen LogP contribution in [0.3, 0.4) is 0 Å². The lowest BCUT2D eigenvalue weighted by atomic mass is 10.3. The topological polar surface area (TPSA) is 97.1 Å². The molecule has 0 spiro atoms. The number of hydrogen-bond donors (Lipinski definition) is 3. The molecule has 0 bridgehead atoms. The number of methoxy groups -OCH3 is 1. The minimum atomic E-state index is 0.00960. The van der Waals surface area contributed by atoms with Crippen molar-refractivity contribution in [2.24, 2.45) is 0 Å². The Bertz CT molecular complexity index is 816. The molecule has 0 fully saturated rings. The minimum Gasteiger partial charge on any atom is -0.497 e. The number of hydrogen-bond acceptors (Lipinski definition) is 7. The highest BCUT2D eigenvalue weighted by Crippen LogP contribution is 2.25. The fourth-order valence-electron chi connectivity index (χ4n) is 2.32. The van der Waals surface area contributed by atoms with Gasteiger partial charge in [-0.05, 0) is 31.2 Å². The first-order valence-electron chi connectivity index (χ1n) is 8.73. The monoisotopic (exact) mass is 358 g/mol. The van der Waals surface area contributed by atoms with Crippen molar-refractivity contribution in [1.29, 1.82) is 0 Å². The van der Waals surface area contributed by atoms with Crippen molar-refractivity contribution in [1.82, 2.24) is 19.5 Å². The Balaban J connectivity index is 0.00000117. The van der Waals surface area contributed by atoms with E-state index in [4.69, 9.17) is 9.84 Å². The maximum Gasteiger partial charge on any atom is 0.226 e. The van der Waals surface area contributed by atoms with Gasteiger partial charge in [0.2, 0.25) is 5.95 Å². The van der Waals surface area contributed by atoms with Crippen molar-refractivity contribution >= 4 is 28.6 Å². The van der Waals surface area contributed by atoms with Crippen LogP contribution in [-0.4, -0.2) is 44.9 Å². The molecule has 0 saturated heterocycles. The SMILES string of the molecule is CC.CCn1cnc2c(Nc3ccc(OC)cc3)nc(NCCO)nc21. The van der Waals surface area contributed by atoms with Crippen molar-refractivity contribution in [3.05, 3.63) is 30.6 Å². The predicted molar refractivity (Wildman–Crippen MR) is 104 cm³/mol. The molecule has 1 aromatic carbocycles. The van der Waals surface area contributed by atoms with Crippen molar-refractivity contribution in [3.63, 3.8) is 0 Å². The van der Waals surface area contributed by atoms with Gasteiger partial charge < -0.3 is 25.0 Å². The third-order valence-corrected chi connectivity index (χ3v) is 3.55. The largest absolute Gasteiger partial charge is 0.497 e. The van der Waals surface area contributed by atoms with Crippen LogP contribution >= 0.6 is 0 Å². The van der Waals surface area contributed by atoms with Crippen molar-refractivity contribution in [2.75, 3.05) is 30.9 Å². The summed E-state index contributed by atoms with van der Waals surface area (Å²) in [5, 5.41) is 15.3. The molecule has 0 aliphatic carbocycles. The van der Waals surface area contributed by atoms with Gasteiger partial charge in [0.1, 0.15) is 5.75 Å². The zero-order valence-corrected chi connectivity index (χ0v) is 15.7. The lowest BCUT2D eigenvalue weighted by molar-refractivity contribution is 0.311. The number of anilines is 3. The van der Waals surface area contributed by atoms with Crippen LogP contribution in [0.1, 0.15) is 20.8 Å². The Morgan fingerprint density at radius 1 is 1.15 bits per heavy atom. The molecule has 0 radical (unpaired) electrons. The Hall–Kier alpha value is -2.87. The van der Waals surface area contributed by atoms with Gasteiger partial charge in [0.05, 0.1) is 20.0 Å². The third-order valence-electron chi connectivity index (χ3n) is 3.55. The zero-order valence-electron chi connectivity index (χ0n) is 15.7. The molecule has 0 unspecified atom stereocenters. The Labute approximate surface area is 153 Å². The molecule has 2 heterocycles. The summed E-state index contributed by atoms with van der Waals surface area (Å²) in [7, 11) is 1.63. The molecule has 2 aromatic heterocycles. The number of aryl methyl sites for hydroxylation is 1. The van der Waals surface area contributed by atoms with Crippen LogP contribution in [0, 0.1) is 0 Å². The van der Waals surface area contributed by atoms with Crippen LogP contribution in [-0.2, 0) is 6.54 Å². The first-order valence-corrected chi connectivity index (χ1v) is 8.73. The number of nitrogens with one attached hydrogen (secondary N) is 2. The van der Waals surface area contributed by atoms with Crippen LogP contribution in [0.2, 0.25) is 0 Å². The summed E-state index contributed by atoms with van der Waals surface area (Å²) in [5.41, 5.74) is 2.31. The highest BCUT2D eigenvalue weighted by Gasteiger charge is 2.13. The highest BCUT2D eigenvalue weighted by molar-refractivity contribution is 5.86. The number of benzene rings is 1. The minimum absolute atomic E-state index is 0.00960. The van der Waals surface area contributed by atoms with Crippen LogP contribution < -0.4 is 15.4 Å². The smallest absolute Gasteiger partial charge is 0.226 e. The van der Waals surface area contributed by atoms with E-state index in [1.54, 1.807) is 13.4 Å². The van der Waals surface area contributed by atoms with Gasteiger partial charge in [-0.2, -0.15) is 9.97 Å². The van der Waals surface area contributed by atoms with E-state index in [1.807, 2.05) is 49.6 Å². The van der Waals surface area contributed by atoms with Gasteiger partial charge in [-0.1, -0.05) is 13.8 Å². The van der Waals surface area contributed by atoms with E-state index in [1.165, 1.54) is 0 Å². The van der Waals surface area contributed by atoms with Gasteiger partial charge in [-0.3, -0.25) is 0 Å². The van der Waals surface area contributed by atoms with E-state index in [0.29, 0.717) is 23.8 Å². The van der Waals surface area contributed by atoms with Gasteiger partial charge in [0.15, 0.2) is 17.0 Å². The molecule has 0 aliphatic heterocycles. The number of nitrogens with zero attached hydrogens (tertiary/aromatic N) is 4. The lowest BCUT2D eigenvalue weighted by Gasteiger charge is -2.10. The van der Waals surface area contributed by atoms with Crippen molar-refractivity contribution in [3.8, 4) is 5.75 Å². The molecular formula is C18H26N6O2. The van der Waals surface area contributed by atoms with Crippen LogP contribution in [0.15, 0.2) is 30.6 Å². The molecule has 0 amide bonds. The average molecular weight is 358 g/mol. The fraction of sp³-hybridized carbons (Fsp3) is 0.389. The summed E-state index contributed by atoms with van der Waals surface area (Å²) in [5.74, 6) is 1.84. The average Bonchev–Trinajstić information content (AvgIpc) is 3.12. The van der Waals surface area contributed by atoms with Gasteiger partial charge in [-0.25, -0.2) is 4.98 Å².